The number of rotatable bonds is 6. The summed E-state index contributed by atoms with van der Waals surface area (Å²) in [6.45, 7) is 1.90. The van der Waals surface area contributed by atoms with Gasteiger partial charge >= 0.3 is 12.0 Å². The number of para-hydroxylation sites is 1. The standard InChI is InChI=1S/C14H20N2O3S/c1-10-6-4-5-7-12(10)16(2)14(19)15-11(13(17)18)8-9-20-3/h4-7,11H,8-9H2,1-3H3,(H,15,19)(H,17,18)/t11-/m0/s1. The van der Waals surface area contributed by atoms with E-state index in [9.17, 15) is 9.59 Å². The van der Waals surface area contributed by atoms with Crippen LogP contribution in [0.1, 0.15) is 12.0 Å². The lowest BCUT2D eigenvalue weighted by Crippen LogP contribution is -2.47. The third kappa shape index (κ3) is 4.45. The average molecular weight is 296 g/mol. The lowest BCUT2D eigenvalue weighted by Gasteiger charge is -2.22. The Morgan fingerprint density at radius 3 is 2.60 bits per heavy atom. The van der Waals surface area contributed by atoms with Gasteiger partial charge in [0, 0.05) is 12.7 Å². The zero-order valence-corrected chi connectivity index (χ0v) is 12.7. The first-order valence-electron chi connectivity index (χ1n) is 6.29. The second-order valence-corrected chi connectivity index (χ2v) is 5.45. The van der Waals surface area contributed by atoms with Crippen LogP contribution in [0.5, 0.6) is 0 Å². The van der Waals surface area contributed by atoms with Crippen molar-refractivity contribution < 1.29 is 14.7 Å². The van der Waals surface area contributed by atoms with E-state index in [4.69, 9.17) is 5.11 Å². The number of thioether (sulfide) groups is 1. The molecule has 0 aliphatic heterocycles. The third-order valence-corrected chi connectivity index (χ3v) is 3.63. The summed E-state index contributed by atoms with van der Waals surface area (Å²) in [6.07, 6.45) is 2.31. The van der Waals surface area contributed by atoms with E-state index in [2.05, 4.69) is 5.32 Å². The number of carboxylic acid groups (broad SMARTS) is 1. The predicted octanol–water partition coefficient (Wildman–Crippen LogP) is 2.35. The first-order chi connectivity index (χ1) is 9.47. The summed E-state index contributed by atoms with van der Waals surface area (Å²) >= 11 is 1.55. The number of nitrogens with zero attached hydrogens (tertiary/aromatic N) is 1. The van der Waals surface area contributed by atoms with Crippen LogP contribution < -0.4 is 10.2 Å². The van der Waals surface area contributed by atoms with Gasteiger partial charge in [0.05, 0.1) is 0 Å². The van der Waals surface area contributed by atoms with Crippen LogP contribution in [-0.4, -0.2) is 42.2 Å². The van der Waals surface area contributed by atoms with Crippen LogP contribution in [0.25, 0.3) is 0 Å². The summed E-state index contributed by atoms with van der Waals surface area (Å²) in [5.74, 6) is -0.323. The molecule has 0 aliphatic carbocycles. The molecule has 0 unspecified atom stereocenters. The second kappa shape index (κ2) is 7.79. The van der Waals surface area contributed by atoms with Crippen LogP contribution in [0, 0.1) is 6.92 Å². The van der Waals surface area contributed by atoms with Crippen LogP contribution in [0.4, 0.5) is 10.5 Å². The van der Waals surface area contributed by atoms with Crippen molar-refractivity contribution in [2.24, 2.45) is 0 Å². The molecule has 20 heavy (non-hydrogen) atoms. The molecule has 5 nitrogen and oxygen atoms in total. The minimum atomic E-state index is -1.01. The van der Waals surface area contributed by atoms with E-state index >= 15 is 0 Å². The highest BCUT2D eigenvalue weighted by molar-refractivity contribution is 7.98. The molecule has 2 N–H and O–H groups in total. The summed E-state index contributed by atoms with van der Waals surface area (Å²) in [4.78, 5) is 24.7. The molecule has 0 aromatic heterocycles. The van der Waals surface area contributed by atoms with Crippen molar-refractivity contribution in [2.75, 3.05) is 24.0 Å². The van der Waals surface area contributed by atoms with Crippen molar-refractivity contribution in [1.82, 2.24) is 5.32 Å². The quantitative estimate of drug-likeness (QED) is 0.845. The molecule has 0 saturated carbocycles. The second-order valence-electron chi connectivity index (χ2n) is 4.47. The van der Waals surface area contributed by atoms with Crippen molar-refractivity contribution in [1.29, 1.82) is 0 Å². The normalized spacial score (nSPS) is 11.8. The summed E-state index contributed by atoms with van der Waals surface area (Å²) in [7, 11) is 1.63. The maximum Gasteiger partial charge on any atom is 0.326 e. The molecule has 6 heteroatoms. The van der Waals surface area contributed by atoms with Crippen LogP contribution >= 0.6 is 11.8 Å². The van der Waals surface area contributed by atoms with Gasteiger partial charge in [-0.2, -0.15) is 11.8 Å². The first-order valence-corrected chi connectivity index (χ1v) is 7.68. The fraction of sp³-hybridized carbons (Fsp3) is 0.429. The fourth-order valence-electron chi connectivity index (χ4n) is 1.79. The van der Waals surface area contributed by atoms with Crippen LogP contribution in [-0.2, 0) is 4.79 Å². The minimum absolute atomic E-state index is 0.407. The van der Waals surface area contributed by atoms with Crippen molar-refractivity contribution >= 4 is 29.4 Å². The number of carbonyl (C=O) groups is 2. The molecule has 0 radical (unpaired) electrons. The van der Waals surface area contributed by atoms with Gasteiger partial charge in [0.2, 0.25) is 0 Å². The van der Waals surface area contributed by atoms with Crippen LogP contribution in [0.15, 0.2) is 24.3 Å². The van der Waals surface area contributed by atoms with Gasteiger partial charge < -0.3 is 10.4 Å². The monoisotopic (exact) mass is 296 g/mol. The van der Waals surface area contributed by atoms with Gasteiger partial charge in [0.15, 0.2) is 0 Å². The van der Waals surface area contributed by atoms with E-state index in [1.54, 1.807) is 18.8 Å². The van der Waals surface area contributed by atoms with E-state index in [0.29, 0.717) is 12.2 Å². The number of benzene rings is 1. The summed E-state index contributed by atoms with van der Waals surface area (Å²) in [6, 6.07) is 6.19. The summed E-state index contributed by atoms with van der Waals surface area (Å²) in [5.41, 5.74) is 1.72. The Morgan fingerprint density at radius 1 is 1.40 bits per heavy atom. The molecular formula is C14H20N2O3S. The topological polar surface area (TPSA) is 69.6 Å². The molecule has 2 amide bonds. The number of aryl methyl sites for hydroxylation is 1. The number of nitrogens with one attached hydrogen (secondary N) is 1. The van der Waals surface area contributed by atoms with Crippen LogP contribution in [0.2, 0.25) is 0 Å². The van der Waals surface area contributed by atoms with E-state index in [1.807, 2.05) is 37.4 Å². The number of amides is 2. The number of hydrogen-bond donors (Lipinski definition) is 2. The highest BCUT2D eigenvalue weighted by Gasteiger charge is 2.22. The molecule has 0 bridgehead atoms. The van der Waals surface area contributed by atoms with Crippen molar-refractivity contribution in [3.8, 4) is 0 Å². The minimum Gasteiger partial charge on any atom is -0.480 e. The number of urea groups is 1. The molecule has 0 aliphatic rings. The highest BCUT2D eigenvalue weighted by Crippen LogP contribution is 2.17. The molecule has 1 atom stereocenters. The Balaban J connectivity index is 2.73. The maximum atomic E-state index is 12.1. The van der Waals surface area contributed by atoms with E-state index in [1.165, 1.54) is 4.90 Å². The molecule has 1 rings (SSSR count). The molecule has 0 fully saturated rings. The molecule has 1 aromatic carbocycles. The summed E-state index contributed by atoms with van der Waals surface area (Å²) in [5, 5.41) is 11.7. The first kappa shape index (κ1) is 16.4. The summed E-state index contributed by atoms with van der Waals surface area (Å²) < 4.78 is 0. The van der Waals surface area contributed by atoms with Crippen molar-refractivity contribution in [3.63, 3.8) is 0 Å². The van der Waals surface area contributed by atoms with E-state index in [-0.39, 0.29) is 0 Å². The van der Waals surface area contributed by atoms with Crippen molar-refractivity contribution in [2.45, 2.75) is 19.4 Å². The lowest BCUT2D eigenvalue weighted by molar-refractivity contribution is -0.139. The van der Waals surface area contributed by atoms with Crippen LogP contribution in [0.3, 0.4) is 0 Å². The molecule has 1 aromatic rings. The van der Waals surface area contributed by atoms with E-state index in [0.717, 1.165) is 11.3 Å². The van der Waals surface area contributed by atoms with Gasteiger partial charge in [-0.3, -0.25) is 4.90 Å². The zero-order valence-electron chi connectivity index (χ0n) is 11.9. The number of aliphatic carboxylic acids is 1. The Kier molecular flexibility index (Phi) is 6.38. The SMILES string of the molecule is CSCC[C@H](NC(=O)N(C)c1ccccc1C)C(=O)O. The van der Waals surface area contributed by atoms with Gasteiger partial charge in [-0.25, -0.2) is 9.59 Å². The molecule has 0 heterocycles. The highest BCUT2D eigenvalue weighted by atomic mass is 32.2. The molecular weight excluding hydrogens is 276 g/mol. The molecule has 0 saturated heterocycles. The third-order valence-electron chi connectivity index (χ3n) is 2.99. The van der Waals surface area contributed by atoms with Gasteiger partial charge in [0.25, 0.3) is 0 Å². The van der Waals surface area contributed by atoms with E-state index < -0.39 is 18.0 Å². The lowest BCUT2D eigenvalue weighted by atomic mass is 10.2. The van der Waals surface area contributed by atoms with Gasteiger partial charge in [0.1, 0.15) is 6.04 Å². The molecule has 110 valence electrons. The Labute approximate surface area is 123 Å². The fourth-order valence-corrected chi connectivity index (χ4v) is 2.26. The number of carboxylic acids is 1. The van der Waals surface area contributed by atoms with Gasteiger partial charge in [-0.1, -0.05) is 18.2 Å². The zero-order chi connectivity index (χ0) is 15.1. The smallest absolute Gasteiger partial charge is 0.326 e. The largest absolute Gasteiger partial charge is 0.480 e. The van der Waals surface area contributed by atoms with Gasteiger partial charge in [-0.05, 0) is 37.0 Å². The predicted molar refractivity (Wildman–Crippen MR) is 82.5 cm³/mol. The number of carbonyl (C=O) groups excluding carboxylic acids is 1. The Morgan fingerprint density at radius 2 is 2.05 bits per heavy atom. The molecule has 0 spiro atoms. The average Bonchev–Trinajstić information content (AvgIpc) is 2.42. The van der Waals surface area contributed by atoms with Gasteiger partial charge in [-0.15, -0.1) is 0 Å². The maximum absolute atomic E-state index is 12.1. The Bertz CT molecular complexity index is 479. The number of anilines is 1. The Hall–Kier alpha value is -1.69. The van der Waals surface area contributed by atoms with Crippen molar-refractivity contribution in [3.05, 3.63) is 29.8 Å². The number of hydrogen-bond acceptors (Lipinski definition) is 3.